The molecule has 0 fully saturated rings. The minimum Gasteiger partial charge on any atom is -0.0619 e. The van der Waals surface area contributed by atoms with Crippen LogP contribution < -0.4 is 0 Å². The lowest BCUT2D eigenvalue weighted by atomic mass is 9.67. The Kier molecular flexibility index (Phi) is 7.38. The molecule has 0 radical (unpaired) electrons. The normalized spacial score (nSPS) is 13.1. The Morgan fingerprint density at radius 3 is 1.44 bits per heavy atom. The largest absolute Gasteiger partial charge is 0.0713 e. The number of hydrogen-bond donors (Lipinski definition) is 0. The average molecular weight is 749 g/mol. The highest BCUT2D eigenvalue weighted by Gasteiger charge is 2.46. The van der Waals surface area contributed by atoms with Crippen LogP contribution in [0.1, 0.15) is 33.4 Å². The van der Waals surface area contributed by atoms with E-state index in [1.165, 1.54) is 122 Å². The summed E-state index contributed by atoms with van der Waals surface area (Å²) in [6.45, 7) is 4.34. The van der Waals surface area contributed by atoms with Gasteiger partial charge in [0.2, 0.25) is 0 Å². The lowest BCUT2D eigenvalue weighted by molar-refractivity contribution is 0.768. The molecule has 0 saturated carbocycles. The Bertz CT molecular complexity index is 3250. The highest BCUT2D eigenvalue weighted by Crippen LogP contribution is 2.57. The molecular formula is C59H40. The maximum atomic E-state index is 2.47. The van der Waals surface area contributed by atoms with Gasteiger partial charge in [0.1, 0.15) is 0 Å². The molecule has 0 aromatic heterocycles. The smallest absolute Gasteiger partial charge is 0.0619 e. The van der Waals surface area contributed by atoms with Crippen molar-refractivity contribution >= 4 is 21.5 Å². The summed E-state index contributed by atoms with van der Waals surface area (Å²) in [6.07, 6.45) is 0. The van der Waals surface area contributed by atoms with Crippen molar-refractivity contribution in [3.63, 3.8) is 0 Å². The maximum Gasteiger partial charge on any atom is 0.0713 e. The van der Waals surface area contributed by atoms with Gasteiger partial charge in [-0.3, -0.25) is 0 Å². The zero-order valence-electron chi connectivity index (χ0n) is 33.1. The Balaban J connectivity index is 0.936. The lowest BCUT2D eigenvalue weighted by Crippen LogP contribution is -2.28. The third kappa shape index (κ3) is 5.03. The molecule has 2 aliphatic rings. The molecule has 0 nitrogen and oxygen atoms in total. The molecule has 12 rings (SSSR count). The van der Waals surface area contributed by atoms with Crippen LogP contribution in [0.3, 0.4) is 0 Å². The molecule has 10 aromatic carbocycles. The van der Waals surface area contributed by atoms with Crippen LogP contribution >= 0.6 is 0 Å². The SMILES string of the molecule is Cc1ccc(C2(c3ccc(C)cc3)c3ccccc3-c3ccc(-c4ccc5cc(-c6cccc(-c7ccc8c9c(cccc79)-c7ccccc7-8)c6)ccc5c4)cc32)cc1. The van der Waals surface area contributed by atoms with Crippen molar-refractivity contribution in [2.75, 3.05) is 0 Å². The zero-order valence-corrected chi connectivity index (χ0v) is 33.1. The van der Waals surface area contributed by atoms with E-state index in [-0.39, 0.29) is 0 Å². The summed E-state index contributed by atoms with van der Waals surface area (Å²) in [5.41, 5.74) is 22.7. The first kappa shape index (κ1) is 33.8. The van der Waals surface area contributed by atoms with Gasteiger partial charge in [-0.1, -0.05) is 193 Å². The Morgan fingerprint density at radius 2 is 0.763 bits per heavy atom. The molecule has 0 spiro atoms. The van der Waals surface area contributed by atoms with E-state index >= 15 is 0 Å². The highest BCUT2D eigenvalue weighted by molar-refractivity contribution is 6.18. The number of fused-ring (bicyclic) bond motifs is 7. The summed E-state index contributed by atoms with van der Waals surface area (Å²) >= 11 is 0. The zero-order chi connectivity index (χ0) is 39.2. The van der Waals surface area contributed by atoms with Gasteiger partial charge >= 0.3 is 0 Å². The van der Waals surface area contributed by atoms with E-state index in [1.54, 1.807) is 0 Å². The second-order valence-corrected chi connectivity index (χ2v) is 16.6. The van der Waals surface area contributed by atoms with Crippen molar-refractivity contribution in [3.8, 4) is 66.8 Å². The average Bonchev–Trinajstić information content (AvgIpc) is 3.78. The van der Waals surface area contributed by atoms with Crippen molar-refractivity contribution in [2.45, 2.75) is 19.3 Å². The summed E-state index contributed by atoms with van der Waals surface area (Å²) < 4.78 is 0. The molecule has 0 amide bonds. The predicted octanol–water partition coefficient (Wildman–Crippen LogP) is 15.6. The van der Waals surface area contributed by atoms with Crippen molar-refractivity contribution in [3.05, 3.63) is 240 Å². The van der Waals surface area contributed by atoms with E-state index in [2.05, 4.69) is 220 Å². The third-order valence-electron chi connectivity index (χ3n) is 13.2. The topological polar surface area (TPSA) is 0 Å². The fraction of sp³-hybridized carbons (Fsp3) is 0.0508. The van der Waals surface area contributed by atoms with Gasteiger partial charge in [0.25, 0.3) is 0 Å². The quantitative estimate of drug-likeness (QED) is 0.164. The van der Waals surface area contributed by atoms with Crippen molar-refractivity contribution in [1.29, 1.82) is 0 Å². The summed E-state index contributed by atoms with van der Waals surface area (Å²) in [5.74, 6) is 0. The van der Waals surface area contributed by atoms with E-state index in [9.17, 15) is 0 Å². The molecule has 0 unspecified atom stereocenters. The van der Waals surface area contributed by atoms with Gasteiger partial charge < -0.3 is 0 Å². The van der Waals surface area contributed by atoms with Gasteiger partial charge in [-0.25, -0.2) is 0 Å². The van der Waals surface area contributed by atoms with E-state index in [1.807, 2.05) is 0 Å². The van der Waals surface area contributed by atoms with Crippen LogP contribution in [-0.4, -0.2) is 0 Å². The van der Waals surface area contributed by atoms with Crippen LogP contribution in [-0.2, 0) is 5.41 Å². The molecule has 59 heavy (non-hydrogen) atoms. The Labute approximate surface area is 345 Å². The molecule has 2 aliphatic carbocycles. The number of hydrogen-bond acceptors (Lipinski definition) is 0. The standard InChI is InChI=1S/C59H40/c1-37-17-26-46(27-18-37)59(47-28-19-38(2)20-29-47)56-16-6-5-13-51(56)52-30-25-44(36-57(52)59)43-24-23-41-33-40(21-22-42(41)34-43)39-9-7-10-45(35-39)48-31-32-55-50-12-4-3-11-49(50)54-15-8-14-53(48)58(54)55/h3-36H,1-2H3. The van der Waals surface area contributed by atoms with Gasteiger partial charge in [0, 0.05) is 0 Å². The number of benzene rings is 10. The molecule has 0 N–H and O–H groups in total. The van der Waals surface area contributed by atoms with E-state index in [0.717, 1.165) is 0 Å². The fourth-order valence-corrected chi connectivity index (χ4v) is 10.4. The molecule has 0 heterocycles. The van der Waals surface area contributed by atoms with Crippen LogP contribution in [0.2, 0.25) is 0 Å². The van der Waals surface area contributed by atoms with Crippen molar-refractivity contribution < 1.29 is 0 Å². The number of rotatable bonds is 5. The number of aryl methyl sites for hydroxylation is 2. The van der Waals surface area contributed by atoms with Crippen LogP contribution in [0, 0.1) is 13.8 Å². The molecule has 0 bridgehead atoms. The van der Waals surface area contributed by atoms with Crippen LogP contribution in [0.15, 0.2) is 206 Å². The Hall–Kier alpha value is -7.28. The van der Waals surface area contributed by atoms with E-state index in [4.69, 9.17) is 0 Å². The lowest BCUT2D eigenvalue weighted by Gasteiger charge is -2.34. The molecule has 0 heteroatoms. The van der Waals surface area contributed by atoms with Crippen molar-refractivity contribution in [2.24, 2.45) is 0 Å². The first-order chi connectivity index (χ1) is 29.0. The molecule has 10 aromatic rings. The summed E-state index contributed by atoms with van der Waals surface area (Å²) in [5, 5.41) is 5.15. The van der Waals surface area contributed by atoms with Crippen LogP contribution in [0.5, 0.6) is 0 Å². The maximum absolute atomic E-state index is 2.47. The van der Waals surface area contributed by atoms with Gasteiger partial charge in [0.15, 0.2) is 0 Å². The minimum absolute atomic E-state index is 0.429. The van der Waals surface area contributed by atoms with Crippen LogP contribution in [0.4, 0.5) is 0 Å². The monoisotopic (exact) mass is 748 g/mol. The first-order valence-electron chi connectivity index (χ1n) is 20.7. The van der Waals surface area contributed by atoms with Gasteiger partial charge in [0.05, 0.1) is 5.41 Å². The molecule has 0 saturated heterocycles. The summed E-state index contributed by atoms with van der Waals surface area (Å²) in [4.78, 5) is 0. The Morgan fingerprint density at radius 1 is 0.288 bits per heavy atom. The van der Waals surface area contributed by atoms with Crippen LogP contribution in [0.25, 0.3) is 88.3 Å². The summed E-state index contributed by atoms with van der Waals surface area (Å²) in [7, 11) is 0. The molecule has 0 aliphatic heterocycles. The van der Waals surface area contributed by atoms with Crippen molar-refractivity contribution in [1.82, 2.24) is 0 Å². The second-order valence-electron chi connectivity index (χ2n) is 16.6. The fourth-order valence-electron chi connectivity index (χ4n) is 10.4. The van der Waals surface area contributed by atoms with Gasteiger partial charge in [-0.05, 0) is 149 Å². The molecule has 276 valence electrons. The third-order valence-corrected chi connectivity index (χ3v) is 13.2. The van der Waals surface area contributed by atoms with E-state index in [0.29, 0.717) is 0 Å². The molecular weight excluding hydrogens is 709 g/mol. The second kappa shape index (κ2) is 12.9. The summed E-state index contributed by atoms with van der Waals surface area (Å²) in [6, 6.07) is 77.7. The van der Waals surface area contributed by atoms with Gasteiger partial charge in [-0.15, -0.1) is 0 Å². The highest BCUT2D eigenvalue weighted by atomic mass is 14.5. The first-order valence-corrected chi connectivity index (χ1v) is 20.7. The predicted molar refractivity (Wildman–Crippen MR) is 249 cm³/mol. The van der Waals surface area contributed by atoms with Gasteiger partial charge in [-0.2, -0.15) is 0 Å². The van der Waals surface area contributed by atoms with E-state index < -0.39 is 5.41 Å². The minimum atomic E-state index is -0.429. The molecule has 0 atom stereocenters.